The molecule has 0 bridgehead atoms. The average Bonchev–Trinajstić information content (AvgIpc) is 3.43. The molecule has 1 N–H and O–H groups in total. The highest BCUT2D eigenvalue weighted by atomic mass is 19.1. The van der Waals surface area contributed by atoms with E-state index in [9.17, 15) is 9.18 Å². The van der Waals surface area contributed by atoms with Gasteiger partial charge in [0, 0.05) is 31.0 Å². The van der Waals surface area contributed by atoms with Crippen LogP contribution < -0.4 is 10.2 Å². The maximum Gasteiger partial charge on any atom is 0.228 e. The third-order valence-electron chi connectivity index (χ3n) is 6.02. The number of carbonyl (C=O) groups excluding carboxylic acids is 1. The highest BCUT2D eigenvalue weighted by Crippen LogP contribution is 2.42. The summed E-state index contributed by atoms with van der Waals surface area (Å²) in [5.41, 5.74) is 2.29. The van der Waals surface area contributed by atoms with E-state index in [4.69, 9.17) is 4.42 Å². The van der Waals surface area contributed by atoms with Crippen molar-refractivity contribution in [1.82, 2.24) is 15.0 Å². The molecule has 1 aliphatic carbocycles. The number of oxazole rings is 1. The number of aromatic nitrogens is 3. The van der Waals surface area contributed by atoms with Gasteiger partial charge in [-0.3, -0.25) is 9.78 Å². The molecule has 3 aromatic heterocycles. The Bertz CT molecular complexity index is 1090. The first-order chi connectivity index (χ1) is 14.6. The van der Waals surface area contributed by atoms with Crippen LogP contribution in [0, 0.1) is 12.8 Å². The van der Waals surface area contributed by atoms with Gasteiger partial charge in [-0.2, -0.15) is 0 Å². The maximum atomic E-state index is 13.3. The number of rotatable bonds is 5. The molecule has 1 atom stereocenters. The number of nitrogens with zero attached hydrogens (tertiary/aromatic N) is 4. The van der Waals surface area contributed by atoms with Crippen molar-refractivity contribution in [2.45, 2.75) is 45.1 Å². The topological polar surface area (TPSA) is 83.9 Å². The van der Waals surface area contributed by atoms with Crippen LogP contribution in [0.15, 0.2) is 29.1 Å². The van der Waals surface area contributed by atoms with Gasteiger partial charge in [-0.15, -0.1) is 0 Å². The number of pyridine rings is 2. The van der Waals surface area contributed by atoms with E-state index in [1.807, 2.05) is 11.0 Å². The van der Waals surface area contributed by atoms with Crippen LogP contribution in [0.5, 0.6) is 0 Å². The highest BCUT2D eigenvalue weighted by Gasteiger charge is 2.37. The number of hydrogen-bond acceptors (Lipinski definition) is 6. The van der Waals surface area contributed by atoms with Crippen LogP contribution in [-0.4, -0.2) is 40.1 Å². The van der Waals surface area contributed by atoms with Gasteiger partial charge in [-0.05, 0) is 18.9 Å². The highest BCUT2D eigenvalue weighted by molar-refractivity contribution is 6.02. The molecule has 1 saturated heterocycles. The Morgan fingerprint density at radius 3 is 2.73 bits per heavy atom. The Balaban J connectivity index is 1.54. The molecule has 2 fully saturated rings. The molecular weight excluding hydrogens is 385 g/mol. The van der Waals surface area contributed by atoms with Gasteiger partial charge in [0.2, 0.25) is 5.91 Å². The van der Waals surface area contributed by atoms with Gasteiger partial charge in [0.15, 0.2) is 11.7 Å². The minimum Gasteiger partial charge on any atom is -0.441 e. The van der Waals surface area contributed by atoms with Crippen molar-refractivity contribution in [3.05, 3.63) is 30.5 Å². The van der Waals surface area contributed by atoms with Gasteiger partial charge in [-0.25, -0.2) is 14.4 Å². The summed E-state index contributed by atoms with van der Waals surface area (Å²) in [6, 6.07) is 1.67. The second-order valence-corrected chi connectivity index (χ2v) is 8.14. The van der Waals surface area contributed by atoms with E-state index in [0.29, 0.717) is 29.5 Å². The third-order valence-corrected chi connectivity index (χ3v) is 6.02. The first kappa shape index (κ1) is 19.0. The lowest BCUT2D eigenvalue weighted by molar-refractivity contribution is -0.120. The number of carbonyl (C=O) groups is 1. The largest absolute Gasteiger partial charge is 0.441 e. The predicted molar refractivity (Wildman–Crippen MR) is 112 cm³/mol. The Hall–Kier alpha value is -3.03. The molecule has 1 saturated carbocycles. The molecule has 2 aliphatic rings. The summed E-state index contributed by atoms with van der Waals surface area (Å²) in [6.07, 6.45) is 10.3. The lowest BCUT2D eigenvalue weighted by Crippen LogP contribution is -2.25. The molecule has 1 aliphatic heterocycles. The van der Waals surface area contributed by atoms with Crippen LogP contribution in [0.3, 0.4) is 0 Å². The second-order valence-electron chi connectivity index (χ2n) is 8.14. The number of alkyl halides is 1. The van der Waals surface area contributed by atoms with Crippen molar-refractivity contribution < 1.29 is 13.6 Å². The normalized spacial score (nSPS) is 19.3. The lowest BCUT2D eigenvalue weighted by Gasteiger charge is -2.20. The summed E-state index contributed by atoms with van der Waals surface area (Å²) in [4.78, 5) is 27.8. The fourth-order valence-electron chi connectivity index (χ4n) is 4.30. The van der Waals surface area contributed by atoms with Gasteiger partial charge < -0.3 is 14.6 Å². The van der Waals surface area contributed by atoms with Crippen molar-refractivity contribution in [2.75, 3.05) is 23.4 Å². The van der Waals surface area contributed by atoms with Crippen LogP contribution in [0.25, 0.3) is 22.2 Å². The standard InChI is InChI=1S/C22H24FN5O2/c1-13-24-11-19(30-13)17-9-25-18-10-26-20(27-22(29)14-5-3-2-4-6-14)7-16(18)21(17)28-12-15(28)8-23/h7,9-11,14-15H,2-6,8,12H2,1H3,(H,26,27,29). The first-order valence-electron chi connectivity index (χ1n) is 10.5. The number of anilines is 2. The fraction of sp³-hybridized carbons (Fsp3) is 0.455. The molecule has 0 aromatic carbocycles. The molecule has 156 valence electrons. The maximum absolute atomic E-state index is 13.3. The van der Waals surface area contributed by atoms with E-state index >= 15 is 0 Å². The number of halogens is 1. The second kappa shape index (κ2) is 7.66. The van der Waals surface area contributed by atoms with Gasteiger partial charge in [0.1, 0.15) is 12.5 Å². The average molecular weight is 409 g/mol. The molecule has 7 nitrogen and oxygen atoms in total. The quantitative estimate of drug-likeness (QED) is 0.634. The molecule has 1 unspecified atom stereocenters. The molecule has 1 amide bonds. The van der Waals surface area contributed by atoms with Crippen LogP contribution >= 0.6 is 0 Å². The van der Waals surface area contributed by atoms with E-state index in [-0.39, 0.29) is 17.9 Å². The van der Waals surface area contributed by atoms with E-state index < -0.39 is 6.67 Å². The lowest BCUT2D eigenvalue weighted by atomic mass is 9.89. The van der Waals surface area contributed by atoms with Gasteiger partial charge in [-0.1, -0.05) is 19.3 Å². The minimum absolute atomic E-state index is 0.0198. The molecule has 3 aromatic rings. The zero-order valence-corrected chi connectivity index (χ0v) is 16.9. The van der Waals surface area contributed by atoms with E-state index in [0.717, 1.165) is 42.3 Å². The minimum atomic E-state index is -0.422. The van der Waals surface area contributed by atoms with Gasteiger partial charge in [0.05, 0.1) is 35.2 Å². The van der Waals surface area contributed by atoms with Crippen molar-refractivity contribution in [3.8, 4) is 11.3 Å². The molecule has 8 heteroatoms. The Kier molecular flexibility index (Phi) is 4.84. The van der Waals surface area contributed by atoms with E-state index in [1.54, 1.807) is 25.5 Å². The summed E-state index contributed by atoms with van der Waals surface area (Å²) in [6.45, 7) is 1.99. The zero-order chi connectivity index (χ0) is 20.7. The molecular formula is C22H24FN5O2. The number of aryl methyl sites for hydroxylation is 1. The molecule has 4 heterocycles. The van der Waals surface area contributed by atoms with Crippen molar-refractivity contribution in [2.24, 2.45) is 5.92 Å². The van der Waals surface area contributed by atoms with Crippen molar-refractivity contribution >= 4 is 28.3 Å². The van der Waals surface area contributed by atoms with Crippen LogP contribution in [0.1, 0.15) is 38.0 Å². The van der Waals surface area contributed by atoms with Crippen molar-refractivity contribution in [1.29, 1.82) is 0 Å². The van der Waals surface area contributed by atoms with Crippen LogP contribution in [-0.2, 0) is 4.79 Å². The summed E-state index contributed by atoms with van der Waals surface area (Å²) < 4.78 is 19.1. The summed E-state index contributed by atoms with van der Waals surface area (Å²) >= 11 is 0. The van der Waals surface area contributed by atoms with E-state index in [1.165, 1.54) is 6.42 Å². The Morgan fingerprint density at radius 1 is 1.20 bits per heavy atom. The van der Waals surface area contributed by atoms with Gasteiger partial charge in [0.25, 0.3) is 0 Å². The predicted octanol–water partition coefficient (Wildman–Crippen LogP) is 4.27. The van der Waals surface area contributed by atoms with Crippen LogP contribution in [0.2, 0.25) is 0 Å². The summed E-state index contributed by atoms with van der Waals surface area (Å²) in [5.74, 6) is 1.70. The Morgan fingerprint density at radius 2 is 2.03 bits per heavy atom. The van der Waals surface area contributed by atoms with Crippen molar-refractivity contribution in [3.63, 3.8) is 0 Å². The molecule has 0 spiro atoms. The number of nitrogens with one attached hydrogen (secondary N) is 1. The Labute approximate surface area is 173 Å². The zero-order valence-electron chi connectivity index (χ0n) is 16.9. The monoisotopic (exact) mass is 409 g/mol. The summed E-state index contributed by atoms with van der Waals surface area (Å²) in [5, 5.41) is 3.78. The van der Waals surface area contributed by atoms with Crippen LogP contribution in [0.4, 0.5) is 15.9 Å². The molecule has 5 rings (SSSR count). The SMILES string of the molecule is Cc1ncc(-c2cnc3cnc(NC(=O)C4CCCCC4)cc3c2N2CC2CF)o1. The molecule has 0 radical (unpaired) electrons. The fourth-order valence-corrected chi connectivity index (χ4v) is 4.30. The smallest absolute Gasteiger partial charge is 0.228 e. The summed E-state index contributed by atoms with van der Waals surface area (Å²) in [7, 11) is 0. The molecule has 30 heavy (non-hydrogen) atoms. The third kappa shape index (κ3) is 3.51. The van der Waals surface area contributed by atoms with E-state index in [2.05, 4.69) is 20.3 Å². The van der Waals surface area contributed by atoms with Gasteiger partial charge >= 0.3 is 0 Å². The first-order valence-corrected chi connectivity index (χ1v) is 10.5. The number of amides is 1. The number of hydrogen-bond donors (Lipinski definition) is 1. The number of fused-ring (bicyclic) bond motifs is 1.